The maximum absolute atomic E-state index is 11.7. The molecule has 0 spiro atoms. The van der Waals surface area contributed by atoms with Gasteiger partial charge in [0.05, 0.1) is 25.4 Å². The van der Waals surface area contributed by atoms with Gasteiger partial charge in [0.25, 0.3) is 0 Å². The van der Waals surface area contributed by atoms with Crippen LogP contribution in [0, 0.1) is 0 Å². The highest BCUT2D eigenvalue weighted by Gasteiger charge is 2.16. The molecule has 1 unspecified atom stereocenters. The molecule has 0 saturated carbocycles. The van der Waals surface area contributed by atoms with Gasteiger partial charge in [-0.25, -0.2) is 4.79 Å². The Morgan fingerprint density at radius 2 is 1.63 bits per heavy atom. The highest BCUT2D eigenvalue weighted by atomic mass is 16.5. The van der Waals surface area contributed by atoms with Gasteiger partial charge in [0, 0.05) is 12.1 Å². The van der Waals surface area contributed by atoms with Gasteiger partial charge in [0.1, 0.15) is 0 Å². The Hall–Kier alpha value is -3.11. The van der Waals surface area contributed by atoms with Crippen molar-refractivity contribution in [2.24, 2.45) is 0 Å². The second-order valence-electron chi connectivity index (χ2n) is 6.31. The van der Waals surface area contributed by atoms with Crippen molar-refractivity contribution >= 4 is 11.7 Å². The van der Waals surface area contributed by atoms with Gasteiger partial charge >= 0.3 is 5.97 Å². The highest BCUT2D eigenvalue weighted by Crippen LogP contribution is 2.27. The zero-order valence-electron chi connectivity index (χ0n) is 15.3. The first-order valence-corrected chi connectivity index (χ1v) is 8.84. The lowest BCUT2D eigenvalue weighted by Crippen LogP contribution is -2.10. The summed E-state index contributed by atoms with van der Waals surface area (Å²) in [5.74, 6) is -0.395. The first kappa shape index (κ1) is 18.7. The highest BCUT2D eigenvalue weighted by molar-refractivity contribution is 5.90. The number of anilines is 1. The number of carbonyl (C=O) groups excluding carboxylic acids is 1. The summed E-state index contributed by atoms with van der Waals surface area (Å²) in [6, 6.07) is 25.4. The lowest BCUT2D eigenvalue weighted by molar-refractivity contribution is 0.0400. The predicted molar refractivity (Wildman–Crippen MR) is 106 cm³/mol. The van der Waals surface area contributed by atoms with E-state index in [0.29, 0.717) is 24.3 Å². The van der Waals surface area contributed by atoms with Gasteiger partial charge in [-0.15, -0.1) is 0 Å². The number of ether oxygens (including phenoxy) is 2. The van der Waals surface area contributed by atoms with E-state index in [1.165, 1.54) is 7.11 Å². The summed E-state index contributed by atoms with van der Waals surface area (Å²) in [6.45, 7) is 0.514. The molecule has 1 atom stereocenters. The zero-order chi connectivity index (χ0) is 19.1. The third kappa shape index (κ3) is 4.96. The van der Waals surface area contributed by atoms with E-state index in [9.17, 15) is 4.79 Å². The van der Waals surface area contributed by atoms with Gasteiger partial charge in [0.2, 0.25) is 0 Å². The summed E-state index contributed by atoms with van der Waals surface area (Å²) in [5.41, 5.74) is 10.3. The average molecular weight is 361 g/mol. The number of rotatable bonds is 7. The minimum absolute atomic E-state index is 0.141. The molecule has 0 aliphatic carbocycles. The summed E-state index contributed by atoms with van der Waals surface area (Å²) in [6.07, 6.45) is 0.474. The maximum atomic E-state index is 11.7. The van der Waals surface area contributed by atoms with Crippen LogP contribution in [0.1, 0.15) is 33.2 Å². The van der Waals surface area contributed by atoms with Gasteiger partial charge in [-0.05, 0) is 28.8 Å². The lowest BCUT2D eigenvalue weighted by atomic mass is 9.98. The second-order valence-corrected chi connectivity index (χ2v) is 6.31. The predicted octanol–water partition coefficient (Wildman–Crippen LogP) is 4.56. The van der Waals surface area contributed by atoms with E-state index in [0.717, 1.165) is 16.7 Å². The molecule has 3 rings (SSSR count). The Bertz CT molecular complexity index is 879. The van der Waals surface area contributed by atoms with Crippen molar-refractivity contribution in [3.8, 4) is 0 Å². The minimum Gasteiger partial charge on any atom is -0.465 e. The van der Waals surface area contributed by atoms with Crippen molar-refractivity contribution in [2.75, 3.05) is 12.8 Å². The summed E-state index contributed by atoms with van der Waals surface area (Å²) < 4.78 is 11.0. The SMILES string of the molecule is COC(=O)c1ccc(CC(OCc2ccccc2)c2ccccc2)c(N)c1. The molecule has 0 fully saturated rings. The zero-order valence-corrected chi connectivity index (χ0v) is 15.3. The number of nitrogen functional groups attached to an aromatic ring is 1. The number of methoxy groups -OCH3 is 1. The van der Waals surface area contributed by atoms with E-state index < -0.39 is 5.97 Å². The average Bonchev–Trinajstić information content (AvgIpc) is 2.73. The van der Waals surface area contributed by atoms with Crippen LogP contribution in [0.4, 0.5) is 5.69 Å². The lowest BCUT2D eigenvalue weighted by Gasteiger charge is -2.20. The molecule has 3 aromatic rings. The van der Waals surface area contributed by atoms with Crippen LogP contribution in [0.25, 0.3) is 0 Å². The monoisotopic (exact) mass is 361 g/mol. The van der Waals surface area contributed by atoms with Gasteiger partial charge in [-0.3, -0.25) is 0 Å². The topological polar surface area (TPSA) is 61.5 Å². The second kappa shape index (κ2) is 9.01. The molecule has 4 nitrogen and oxygen atoms in total. The van der Waals surface area contributed by atoms with Crippen molar-refractivity contribution in [3.05, 3.63) is 101 Å². The van der Waals surface area contributed by atoms with Crippen molar-refractivity contribution in [3.63, 3.8) is 0 Å². The van der Waals surface area contributed by atoms with Crippen LogP contribution >= 0.6 is 0 Å². The van der Waals surface area contributed by atoms with Crippen LogP contribution in [0.3, 0.4) is 0 Å². The molecule has 0 radical (unpaired) electrons. The van der Waals surface area contributed by atoms with E-state index in [1.54, 1.807) is 12.1 Å². The van der Waals surface area contributed by atoms with Crippen LogP contribution in [0.5, 0.6) is 0 Å². The first-order valence-electron chi connectivity index (χ1n) is 8.84. The summed E-state index contributed by atoms with van der Waals surface area (Å²) in [7, 11) is 1.36. The number of hydrogen-bond donors (Lipinski definition) is 1. The normalized spacial score (nSPS) is 11.7. The standard InChI is InChI=1S/C23H23NO3/c1-26-23(25)20-13-12-19(21(24)14-20)15-22(18-10-6-3-7-11-18)27-16-17-8-4-2-5-9-17/h2-14,22H,15-16,24H2,1H3. The molecular weight excluding hydrogens is 338 g/mol. The minimum atomic E-state index is -0.395. The number of nitrogens with two attached hydrogens (primary N) is 1. The van der Waals surface area contributed by atoms with Gasteiger partial charge in [-0.1, -0.05) is 66.7 Å². The fourth-order valence-corrected chi connectivity index (χ4v) is 2.94. The first-order chi connectivity index (χ1) is 13.2. The molecule has 0 amide bonds. The van der Waals surface area contributed by atoms with E-state index >= 15 is 0 Å². The molecular formula is C23H23NO3. The molecule has 0 aliphatic rings. The number of benzene rings is 3. The molecule has 3 aromatic carbocycles. The van der Waals surface area contributed by atoms with Crippen LogP contribution in [-0.2, 0) is 22.5 Å². The Labute approximate surface area is 159 Å². The molecule has 138 valence electrons. The van der Waals surface area contributed by atoms with E-state index in [-0.39, 0.29) is 6.10 Å². The summed E-state index contributed by atoms with van der Waals surface area (Å²) >= 11 is 0. The maximum Gasteiger partial charge on any atom is 0.337 e. The van der Waals surface area contributed by atoms with E-state index in [2.05, 4.69) is 12.1 Å². The van der Waals surface area contributed by atoms with Crippen LogP contribution in [0.15, 0.2) is 78.9 Å². The summed E-state index contributed by atoms with van der Waals surface area (Å²) in [5, 5.41) is 0. The molecule has 2 N–H and O–H groups in total. The number of carbonyl (C=O) groups is 1. The largest absolute Gasteiger partial charge is 0.465 e. The Kier molecular flexibility index (Phi) is 6.23. The molecule has 0 bridgehead atoms. The molecule has 4 heteroatoms. The fourth-order valence-electron chi connectivity index (χ4n) is 2.94. The molecule has 0 aromatic heterocycles. The molecule has 0 saturated heterocycles. The van der Waals surface area contributed by atoms with E-state index in [4.69, 9.17) is 15.2 Å². The van der Waals surface area contributed by atoms with Gasteiger partial charge < -0.3 is 15.2 Å². The molecule has 0 aliphatic heterocycles. The quantitative estimate of drug-likeness (QED) is 0.495. The Balaban J connectivity index is 1.80. The van der Waals surface area contributed by atoms with Crippen molar-refractivity contribution in [1.29, 1.82) is 0 Å². The third-order valence-corrected chi connectivity index (χ3v) is 4.44. The van der Waals surface area contributed by atoms with Crippen molar-refractivity contribution in [1.82, 2.24) is 0 Å². The molecule has 27 heavy (non-hydrogen) atoms. The van der Waals surface area contributed by atoms with Gasteiger partial charge in [-0.2, -0.15) is 0 Å². The van der Waals surface area contributed by atoms with Crippen molar-refractivity contribution in [2.45, 2.75) is 19.1 Å². The number of hydrogen-bond acceptors (Lipinski definition) is 4. The Morgan fingerprint density at radius 3 is 2.26 bits per heavy atom. The van der Waals surface area contributed by atoms with Gasteiger partial charge in [0.15, 0.2) is 0 Å². The Morgan fingerprint density at radius 1 is 0.963 bits per heavy atom. The fraction of sp³-hybridized carbons (Fsp3) is 0.174. The number of esters is 1. The van der Waals surface area contributed by atoms with E-state index in [1.807, 2.05) is 54.6 Å². The smallest absolute Gasteiger partial charge is 0.337 e. The molecule has 0 heterocycles. The van der Waals surface area contributed by atoms with Crippen LogP contribution in [-0.4, -0.2) is 13.1 Å². The van der Waals surface area contributed by atoms with Crippen molar-refractivity contribution < 1.29 is 14.3 Å². The van der Waals surface area contributed by atoms with Crippen LogP contribution in [0.2, 0.25) is 0 Å². The van der Waals surface area contributed by atoms with Crippen LogP contribution < -0.4 is 5.73 Å². The third-order valence-electron chi connectivity index (χ3n) is 4.44. The summed E-state index contributed by atoms with van der Waals surface area (Å²) in [4.78, 5) is 11.7.